The molecule has 0 unspecified atom stereocenters. The van der Waals surface area contributed by atoms with Gasteiger partial charge in [-0.15, -0.1) is 0 Å². The topological polar surface area (TPSA) is 124 Å². The van der Waals surface area contributed by atoms with Crippen LogP contribution in [-0.2, 0) is 4.74 Å². The molecule has 34 heavy (non-hydrogen) atoms. The van der Waals surface area contributed by atoms with E-state index in [4.69, 9.17) is 4.74 Å². The predicted molar refractivity (Wildman–Crippen MR) is 121 cm³/mol. The minimum Gasteiger partial charge on any atom is -0.450 e. The van der Waals surface area contributed by atoms with Crippen LogP contribution in [-0.4, -0.2) is 34.6 Å². The Morgan fingerprint density at radius 3 is 2.21 bits per heavy atom. The molecule has 0 spiro atoms. The molecule has 0 saturated carbocycles. The highest BCUT2D eigenvalue weighted by atomic mass is 16.6. The number of Topliss-reactive ketones (excluding diaryl/α,β-unsaturated/α-hetero) is 1. The average Bonchev–Trinajstić information content (AvgIpc) is 3.12. The van der Waals surface area contributed by atoms with Crippen LogP contribution in [0.25, 0.3) is 0 Å². The lowest BCUT2D eigenvalue weighted by Gasteiger charge is -2.16. The molecular formula is C25H18N2O7. The average molecular weight is 458 g/mol. The molecule has 4 rings (SSSR count). The molecule has 0 radical (unpaired) electrons. The van der Waals surface area contributed by atoms with E-state index in [1.54, 1.807) is 37.3 Å². The lowest BCUT2D eigenvalue weighted by molar-refractivity contribution is -0.385. The highest BCUT2D eigenvalue weighted by Crippen LogP contribution is 2.34. The number of carbonyl (C=O) groups is 4. The van der Waals surface area contributed by atoms with E-state index in [1.807, 2.05) is 0 Å². The van der Waals surface area contributed by atoms with Gasteiger partial charge in [0.1, 0.15) is 5.56 Å². The summed E-state index contributed by atoms with van der Waals surface area (Å²) < 4.78 is 5.39. The zero-order valence-electron chi connectivity index (χ0n) is 18.0. The summed E-state index contributed by atoms with van der Waals surface area (Å²) in [7, 11) is 0. The third-order valence-electron chi connectivity index (χ3n) is 5.42. The fourth-order valence-electron chi connectivity index (χ4n) is 3.71. The second-order valence-corrected chi connectivity index (χ2v) is 7.48. The molecule has 0 fully saturated rings. The van der Waals surface area contributed by atoms with E-state index in [0.29, 0.717) is 5.56 Å². The van der Waals surface area contributed by atoms with E-state index in [2.05, 4.69) is 0 Å². The lowest BCUT2D eigenvalue weighted by atomic mass is 10.0. The fourth-order valence-corrected chi connectivity index (χ4v) is 3.71. The van der Waals surface area contributed by atoms with Crippen LogP contribution in [0.5, 0.6) is 0 Å². The van der Waals surface area contributed by atoms with Crippen molar-refractivity contribution < 1.29 is 28.8 Å². The number of nitrogens with zero attached hydrogens (tertiary/aromatic N) is 2. The second-order valence-electron chi connectivity index (χ2n) is 7.48. The zero-order valence-corrected chi connectivity index (χ0v) is 18.0. The first-order valence-electron chi connectivity index (χ1n) is 10.4. The number of hydrogen-bond acceptors (Lipinski definition) is 7. The third kappa shape index (κ3) is 3.95. The molecule has 2 amide bonds. The second kappa shape index (κ2) is 9.07. The number of benzene rings is 3. The van der Waals surface area contributed by atoms with Crippen molar-refractivity contribution in [2.75, 3.05) is 4.90 Å². The first-order valence-corrected chi connectivity index (χ1v) is 10.4. The molecule has 9 nitrogen and oxygen atoms in total. The number of ketones is 1. The maximum absolute atomic E-state index is 12.8. The molecular weight excluding hydrogens is 440 g/mol. The number of ether oxygens (including phenoxy) is 1. The molecule has 0 aliphatic carbocycles. The summed E-state index contributed by atoms with van der Waals surface area (Å²) in [5.41, 5.74) is -0.0985. The molecule has 0 aromatic heterocycles. The summed E-state index contributed by atoms with van der Waals surface area (Å²) in [4.78, 5) is 62.2. The molecule has 1 aliphatic heterocycles. The standard InChI is InChI=1S/C25H18N2O7/c1-2-20(22(28)15-7-4-3-5-8-15)34-25(31)16-11-13-17(14-12-16)26-23(29)18-9-6-10-19(27(32)33)21(18)24(26)30/h3-14,20H,2H2,1H3/t20-/m0/s1. The number of esters is 1. The highest BCUT2D eigenvalue weighted by Gasteiger charge is 2.41. The quantitative estimate of drug-likeness (QED) is 0.171. The summed E-state index contributed by atoms with van der Waals surface area (Å²) in [6.07, 6.45) is -0.683. The van der Waals surface area contributed by atoms with E-state index >= 15 is 0 Å². The number of fused-ring (bicyclic) bond motifs is 1. The van der Waals surface area contributed by atoms with Crippen molar-refractivity contribution >= 4 is 34.9 Å². The molecule has 3 aromatic rings. The van der Waals surface area contributed by atoms with Gasteiger partial charge in [0.15, 0.2) is 6.10 Å². The van der Waals surface area contributed by atoms with Gasteiger partial charge in [-0.3, -0.25) is 24.5 Å². The van der Waals surface area contributed by atoms with E-state index in [9.17, 15) is 29.3 Å². The van der Waals surface area contributed by atoms with Crippen molar-refractivity contribution in [2.24, 2.45) is 0 Å². The lowest BCUT2D eigenvalue weighted by Crippen LogP contribution is -2.29. The molecule has 1 aliphatic rings. The smallest absolute Gasteiger partial charge is 0.338 e. The Labute approximate surface area is 193 Å². The Hall–Kier alpha value is -4.66. The minimum atomic E-state index is -0.966. The third-order valence-corrected chi connectivity index (χ3v) is 5.42. The largest absolute Gasteiger partial charge is 0.450 e. The van der Waals surface area contributed by atoms with Crippen LogP contribution in [0.1, 0.15) is 54.8 Å². The van der Waals surface area contributed by atoms with Gasteiger partial charge in [0.25, 0.3) is 17.5 Å². The summed E-state index contributed by atoms with van der Waals surface area (Å²) in [6, 6.07) is 17.8. The number of carbonyl (C=O) groups excluding carboxylic acids is 4. The zero-order chi connectivity index (χ0) is 24.4. The molecule has 170 valence electrons. The number of rotatable bonds is 7. The van der Waals surface area contributed by atoms with E-state index in [-0.39, 0.29) is 34.6 Å². The molecule has 3 aromatic carbocycles. The van der Waals surface area contributed by atoms with Gasteiger partial charge in [0.2, 0.25) is 5.78 Å². The maximum Gasteiger partial charge on any atom is 0.338 e. The van der Waals surface area contributed by atoms with Crippen molar-refractivity contribution in [1.82, 2.24) is 0 Å². The molecule has 1 atom stereocenters. The van der Waals surface area contributed by atoms with Crippen LogP contribution in [0.4, 0.5) is 11.4 Å². The first-order chi connectivity index (χ1) is 16.3. The van der Waals surface area contributed by atoms with Crippen LogP contribution >= 0.6 is 0 Å². The minimum absolute atomic E-state index is 0.0621. The van der Waals surface area contributed by atoms with Gasteiger partial charge in [-0.1, -0.05) is 43.3 Å². The van der Waals surface area contributed by atoms with E-state index < -0.39 is 34.5 Å². The Morgan fingerprint density at radius 2 is 1.59 bits per heavy atom. The van der Waals surface area contributed by atoms with Gasteiger partial charge in [-0.05, 0) is 36.8 Å². The van der Waals surface area contributed by atoms with Gasteiger partial charge in [0, 0.05) is 11.6 Å². The molecule has 9 heteroatoms. The Balaban J connectivity index is 1.53. The van der Waals surface area contributed by atoms with Crippen molar-refractivity contribution in [3.63, 3.8) is 0 Å². The Kier molecular flexibility index (Phi) is 6.01. The Bertz CT molecular complexity index is 1320. The number of anilines is 1. The predicted octanol–water partition coefficient (Wildman–Crippen LogP) is 4.21. The van der Waals surface area contributed by atoms with Gasteiger partial charge < -0.3 is 4.74 Å². The number of amides is 2. The SMILES string of the molecule is CC[C@H](OC(=O)c1ccc(N2C(=O)c3cccc([N+](=O)[O-])c3C2=O)cc1)C(=O)c1ccccc1. The van der Waals surface area contributed by atoms with Crippen molar-refractivity contribution in [1.29, 1.82) is 0 Å². The summed E-state index contributed by atoms with van der Waals surface area (Å²) in [5.74, 6) is -2.57. The highest BCUT2D eigenvalue weighted by molar-refractivity contribution is 6.35. The molecule has 0 bridgehead atoms. The number of nitro groups is 1. The summed E-state index contributed by atoms with van der Waals surface area (Å²) >= 11 is 0. The molecule has 0 N–H and O–H groups in total. The van der Waals surface area contributed by atoms with Crippen LogP contribution in [0.2, 0.25) is 0 Å². The maximum atomic E-state index is 12.8. The van der Waals surface area contributed by atoms with Crippen LogP contribution in [0.15, 0.2) is 72.8 Å². The number of nitro benzene ring substituents is 1. The van der Waals surface area contributed by atoms with Crippen molar-refractivity contribution in [2.45, 2.75) is 19.4 Å². The monoisotopic (exact) mass is 458 g/mol. The van der Waals surface area contributed by atoms with E-state index in [1.165, 1.54) is 36.4 Å². The molecule has 0 saturated heterocycles. The van der Waals surface area contributed by atoms with Crippen LogP contribution < -0.4 is 4.90 Å². The van der Waals surface area contributed by atoms with Crippen molar-refractivity contribution in [3.05, 3.63) is 105 Å². The Morgan fingerprint density at radius 1 is 0.912 bits per heavy atom. The molecule has 1 heterocycles. The fraction of sp³-hybridized carbons (Fsp3) is 0.120. The normalized spacial score (nSPS) is 13.4. The first kappa shape index (κ1) is 22.5. The van der Waals surface area contributed by atoms with Gasteiger partial charge in [0.05, 0.1) is 21.7 Å². The van der Waals surface area contributed by atoms with Gasteiger partial charge in [-0.2, -0.15) is 0 Å². The van der Waals surface area contributed by atoms with Gasteiger partial charge >= 0.3 is 5.97 Å². The summed E-state index contributed by atoms with van der Waals surface area (Å²) in [6.45, 7) is 1.73. The van der Waals surface area contributed by atoms with Crippen LogP contribution in [0, 0.1) is 10.1 Å². The number of hydrogen-bond donors (Lipinski definition) is 0. The van der Waals surface area contributed by atoms with Crippen LogP contribution in [0.3, 0.4) is 0 Å². The van der Waals surface area contributed by atoms with Gasteiger partial charge in [-0.25, -0.2) is 9.69 Å². The number of imide groups is 1. The van der Waals surface area contributed by atoms with E-state index in [0.717, 1.165) is 11.0 Å². The summed E-state index contributed by atoms with van der Waals surface area (Å²) in [5, 5.41) is 11.3. The van der Waals surface area contributed by atoms with Crippen molar-refractivity contribution in [3.8, 4) is 0 Å².